The first-order valence-corrected chi connectivity index (χ1v) is 7.51. The molecule has 5 nitrogen and oxygen atoms in total. The number of amides is 3. The summed E-state index contributed by atoms with van der Waals surface area (Å²) in [4.78, 5) is 37.7. The van der Waals surface area contributed by atoms with E-state index in [1.807, 2.05) is 13.8 Å². The van der Waals surface area contributed by atoms with Crippen molar-refractivity contribution in [1.29, 1.82) is 0 Å². The van der Waals surface area contributed by atoms with E-state index >= 15 is 0 Å². The van der Waals surface area contributed by atoms with E-state index < -0.39 is 0 Å². The molecule has 5 heteroatoms. The van der Waals surface area contributed by atoms with Crippen molar-refractivity contribution >= 4 is 29.1 Å². The van der Waals surface area contributed by atoms with Gasteiger partial charge in [0.15, 0.2) is 0 Å². The normalized spacial score (nSPS) is 12.8. The average Bonchev–Trinajstić information content (AvgIpc) is 2.80. The van der Waals surface area contributed by atoms with Crippen LogP contribution in [0.2, 0.25) is 0 Å². The lowest BCUT2D eigenvalue weighted by Crippen LogP contribution is -2.29. The van der Waals surface area contributed by atoms with E-state index in [0.29, 0.717) is 22.5 Å². The minimum atomic E-state index is -0.336. The molecule has 1 aliphatic rings. The van der Waals surface area contributed by atoms with E-state index in [1.54, 1.807) is 48.5 Å². The molecule has 0 atom stereocenters. The molecule has 0 radical (unpaired) electrons. The predicted molar refractivity (Wildman–Crippen MR) is 92.1 cm³/mol. The Labute approximate surface area is 139 Å². The van der Waals surface area contributed by atoms with E-state index in [1.165, 1.54) is 6.08 Å². The summed E-state index contributed by atoms with van der Waals surface area (Å²) in [5, 5.41) is 2.73. The van der Waals surface area contributed by atoms with Gasteiger partial charge in [-0.05, 0) is 50.2 Å². The van der Waals surface area contributed by atoms with Crippen molar-refractivity contribution in [1.82, 2.24) is 0 Å². The molecule has 24 heavy (non-hydrogen) atoms. The molecule has 0 saturated carbocycles. The molecule has 120 valence electrons. The molecule has 3 amide bonds. The van der Waals surface area contributed by atoms with Crippen LogP contribution in [0.3, 0.4) is 0 Å². The second-order valence-electron chi connectivity index (χ2n) is 5.75. The van der Waals surface area contributed by atoms with Crippen molar-refractivity contribution in [3.63, 3.8) is 0 Å². The summed E-state index contributed by atoms with van der Waals surface area (Å²) in [5.41, 5.74) is 2.78. The summed E-state index contributed by atoms with van der Waals surface area (Å²) in [7, 11) is 0. The first-order valence-electron chi connectivity index (χ1n) is 7.51. The van der Waals surface area contributed by atoms with Crippen molar-refractivity contribution < 1.29 is 14.4 Å². The van der Waals surface area contributed by atoms with Gasteiger partial charge in [0, 0.05) is 11.8 Å². The second kappa shape index (κ2) is 6.12. The van der Waals surface area contributed by atoms with Gasteiger partial charge in [0.1, 0.15) is 0 Å². The van der Waals surface area contributed by atoms with Crippen LogP contribution in [-0.4, -0.2) is 17.7 Å². The number of allylic oxidation sites excluding steroid dienone is 1. The molecule has 1 heterocycles. The average molecular weight is 320 g/mol. The summed E-state index contributed by atoms with van der Waals surface area (Å²) in [6.45, 7) is 3.68. The number of carbonyl (C=O) groups excluding carboxylic acids is 3. The van der Waals surface area contributed by atoms with Crippen LogP contribution in [0.5, 0.6) is 0 Å². The highest BCUT2D eigenvalue weighted by Crippen LogP contribution is 2.28. The fourth-order valence-electron chi connectivity index (χ4n) is 2.56. The van der Waals surface area contributed by atoms with Gasteiger partial charge in [-0.15, -0.1) is 0 Å². The van der Waals surface area contributed by atoms with Crippen LogP contribution in [-0.2, 0) is 4.79 Å². The van der Waals surface area contributed by atoms with Crippen molar-refractivity contribution in [2.75, 3.05) is 10.2 Å². The Kier molecular flexibility index (Phi) is 4.00. The molecule has 0 bridgehead atoms. The van der Waals surface area contributed by atoms with Gasteiger partial charge in [-0.2, -0.15) is 0 Å². The molecular formula is C19H16N2O3. The Morgan fingerprint density at radius 2 is 1.46 bits per heavy atom. The largest absolute Gasteiger partial charge is 0.323 e. The summed E-state index contributed by atoms with van der Waals surface area (Å²) >= 11 is 0. The maximum Gasteiger partial charge on any atom is 0.266 e. The quantitative estimate of drug-likeness (QED) is 0.696. The monoisotopic (exact) mass is 320 g/mol. The topological polar surface area (TPSA) is 66.5 Å². The van der Waals surface area contributed by atoms with Crippen LogP contribution in [0.4, 0.5) is 11.4 Å². The van der Waals surface area contributed by atoms with Gasteiger partial charge in [-0.3, -0.25) is 14.4 Å². The molecule has 1 N–H and O–H groups in total. The van der Waals surface area contributed by atoms with Crippen LogP contribution in [0, 0.1) is 0 Å². The van der Waals surface area contributed by atoms with Gasteiger partial charge in [0.05, 0.1) is 16.8 Å². The van der Waals surface area contributed by atoms with Gasteiger partial charge < -0.3 is 5.32 Å². The van der Waals surface area contributed by atoms with Crippen molar-refractivity contribution in [3.05, 3.63) is 71.3 Å². The number of nitrogens with one attached hydrogen (secondary N) is 1. The number of rotatable bonds is 3. The minimum Gasteiger partial charge on any atom is -0.323 e. The molecule has 2 aromatic carbocycles. The number of anilines is 2. The third-order valence-corrected chi connectivity index (χ3v) is 3.61. The highest BCUT2D eigenvalue weighted by Gasteiger charge is 2.36. The van der Waals surface area contributed by atoms with Crippen molar-refractivity contribution in [2.45, 2.75) is 13.8 Å². The fourth-order valence-corrected chi connectivity index (χ4v) is 2.56. The maximum atomic E-state index is 12.4. The number of imide groups is 1. The van der Waals surface area contributed by atoms with E-state index in [2.05, 4.69) is 5.32 Å². The molecular weight excluding hydrogens is 304 g/mol. The molecule has 0 aromatic heterocycles. The molecule has 0 spiro atoms. The Bertz CT molecular complexity index is 827. The summed E-state index contributed by atoms with van der Waals surface area (Å²) in [6, 6.07) is 13.3. The van der Waals surface area contributed by atoms with E-state index in [0.717, 1.165) is 10.5 Å². The zero-order valence-electron chi connectivity index (χ0n) is 13.4. The Hall–Kier alpha value is -3.21. The Morgan fingerprint density at radius 3 is 1.96 bits per heavy atom. The molecule has 0 aliphatic carbocycles. The zero-order valence-corrected chi connectivity index (χ0v) is 13.4. The minimum absolute atomic E-state index is 0.219. The number of carbonyl (C=O) groups is 3. The standard InChI is InChI=1S/C19H16N2O3/c1-12(2)11-17(22)20-13-7-9-14(10-8-13)21-18(23)15-5-3-4-6-16(15)19(21)24/h3-11H,1-2H3,(H,20,22). The van der Waals surface area contributed by atoms with Gasteiger partial charge in [-0.25, -0.2) is 4.90 Å². The summed E-state index contributed by atoms with van der Waals surface area (Å²) in [5.74, 6) is -0.891. The molecule has 2 aromatic rings. The number of hydrogen-bond acceptors (Lipinski definition) is 3. The Balaban J connectivity index is 1.82. The van der Waals surface area contributed by atoms with E-state index in [9.17, 15) is 14.4 Å². The van der Waals surface area contributed by atoms with Gasteiger partial charge in [0.25, 0.3) is 11.8 Å². The molecule has 0 saturated heterocycles. The zero-order chi connectivity index (χ0) is 17.3. The molecule has 0 unspecified atom stereocenters. The lowest BCUT2D eigenvalue weighted by atomic mass is 10.1. The maximum absolute atomic E-state index is 12.4. The summed E-state index contributed by atoms with van der Waals surface area (Å²) in [6.07, 6.45) is 1.50. The van der Waals surface area contributed by atoms with Crippen LogP contribution in [0.15, 0.2) is 60.2 Å². The SMILES string of the molecule is CC(C)=CC(=O)Nc1ccc(N2C(=O)c3ccccc3C2=O)cc1. The van der Waals surface area contributed by atoms with Gasteiger partial charge in [-0.1, -0.05) is 17.7 Å². The summed E-state index contributed by atoms with van der Waals surface area (Å²) < 4.78 is 0. The second-order valence-corrected chi connectivity index (χ2v) is 5.75. The molecule has 1 aliphatic heterocycles. The third-order valence-electron chi connectivity index (χ3n) is 3.61. The predicted octanol–water partition coefficient (Wildman–Crippen LogP) is 3.39. The Morgan fingerprint density at radius 1 is 0.917 bits per heavy atom. The fraction of sp³-hybridized carbons (Fsp3) is 0.105. The van der Waals surface area contributed by atoms with Gasteiger partial charge in [0.2, 0.25) is 5.91 Å². The molecule has 3 rings (SSSR count). The van der Waals surface area contributed by atoms with E-state index in [-0.39, 0.29) is 17.7 Å². The van der Waals surface area contributed by atoms with Gasteiger partial charge >= 0.3 is 0 Å². The van der Waals surface area contributed by atoms with E-state index in [4.69, 9.17) is 0 Å². The number of fused-ring (bicyclic) bond motifs is 1. The first kappa shape index (κ1) is 15.7. The lowest BCUT2D eigenvalue weighted by molar-refractivity contribution is -0.111. The highest BCUT2D eigenvalue weighted by atomic mass is 16.2. The molecule has 0 fully saturated rings. The first-order chi connectivity index (χ1) is 11.5. The van der Waals surface area contributed by atoms with Crippen LogP contribution < -0.4 is 10.2 Å². The van der Waals surface area contributed by atoms with Crippen molar-refractivity contribution in [3.8, 4) is 0 Å². The van der Waals surface area contributed by atoms with Crippen LogP contribution in [0.1, 0.15) is 34.6 Å². The number of hydrogen-bond donors (Lipinski definition) is 1. The number of benzene rings is 2. The third kappa shape index (κ3) is 2.84. The lowest BCUT2D eigenvalue weighted by Gasteiger charge is -2.14. The smallest absolute Gasteiger partial charge is 0.266 e. The highest BCUT2D eigenvalue weighted by molar-refractivity contribution is 6.34. The van der Waals surface area contributed by atoms with Crippen molar-refractivity contribution in [2.24, 2.45) is 0 Å². The number of nitrogens with zero attached hydrogens (tertiary/aromatic N) is 1. The van der Waals surface area contributed by atoms with Crippen LogP contribution in [0.25, 0.3) is 0 Å². The van der Waals surface area contributed by atoms with Crippen LogP contribution >= 0.6 is 0 Å².